The first-order valence-electron chi connectivity index (χ1n) is 6.86. The van der Waals surface area contributed by atoms with Crippen LogP contribution >= 0.6 is 0 Å². The van der Waals surface area contributed by atoms with E-state index < -0.39 is 11.9 Å². The van der Waals surface area contributed by atoms with Gasteiger partial charge < -0.3 is 0 Å². The van der Waals surface area contributed by atoms with Crippen LogP contribution < -0.4 is 5.56 Å². The highest BCUT2D eigenvalue weighted by molar-refractivity contribution is 5.86. The molecular formula is C16H15FN2O2. The van der Waals surface area contributed by atoms with Crippen LogP contribution in [0.15, 0.2) is 35.1 Å². The largest absolute Gasteiger partial charge is 0.297 e. The molecule has 1 fully saturated rings. The van der Waals surface area contributed by atoms with E-state index in [1.165, 1.54) is 22.8 Å². The Kier molecular flexibility index (Phi) is 3.20. The molecule has 0 bridgehead atoms. The first-order chi connectivity index (χ1) is 9.99. The van der Waals surface area contributed by atoms with E-state index in [9.17, 15) is 14.0 Å². The number of para-hydroxylation sites is 1. The Morgan fingerprint density at radius 3 is 2.86 bits per heavy atom. The fourth-order valence-electron chi connectivity index (χ4n) is 2.89. The first kappa shape index (κ1) is 13.7. The maximum absolute atomic E-state index is 13.8. The molecule has 108 valence electrons. The summed E-state index contributed by atoms with van der Waals surface area (Å²) in [6.07, 6.45) is 1.54. The average molecular weight is 286 g/mol. The predicted molar refractivity (Wildman–Crippen MR) is 77.7 cm³/mol. The number of hydrogen-bond donors (Lipinski definition) is 0. The molecule has 0 N–H and O–H groups in total. The van der Waals surface area contributed by atoms with Crippen LogP contribution in [0.3, 0.4) is 0 Å². The van der Waals surface area contributed by atoms with E-state index in [2.05, 4.69) is 11.6 Å². The van der Waals surface area contributed by atoms with Gasteiger partial charge in [-0.1, -0.05) is 18.2 Å². The molecule has 1 atom stereocenters. The van der Waals surface area contributed by atoms with Crippen molar-refractivity contribution in [1.82, 2.24) is 9.55 Å². The van der Waals surface area contributed by atoms with Gasteiger partial charge in [-0.3, -0.25) is 14.2 Å². The molecular weight excluding hydrogens is 271 g/mol. The molecule has 0 saturated heterocycles. The molecule has 0 spiro atoms. The molecule has 2 aromatic rings. The number of halogens is 1. The third-order valence-electron chi connectivity index (χ3n) is 3.94. The van der Waals surface area contributed by atoms with Crippen molar-refractivity contribution in [3.8, 4) is 0 Å². The summed E-state index contributed by atoms with van der Waals surface area (Å²) in [7, 11) is 0. The Morgan fingerprint density at radius 2 is 2.14 bits per heavy atom. The zero-order chi connectivity index (χ0) is 15.1. The van der Waals surface area contributed by atoms with Crippen LogP contribution in [0.25, 0.3) is 10.9 Å². The molecule has 1 aromatic heterocycles. The molecule has 0 aliphatic heterocycles. The van der Waals surface area contributed by atoms with Gasteiger partial charge in [0.2, 0.25) is 0 Å². The molecule has 4 nitrogen and oxygen atoms in total. The van der Waals surface area contributed by atoms with Crippen molar-refractivity contribution in [1.29, 1.82) is 0 Å². The fourth-order valence-corrected chi connectivity index (χ4v) is 2.89. The third-order valence-corrected chi connectivity index (χ3v) is 3.94. The lowest BCUT2D eigenvalue weighted by Gasteiger charge is -2.25. The summed E-state index contributed by atoms with van der Waals surface area (Å²) in [4.78, 5) is 29.0. The number of Topliss-reactive ketones (excluding diaryl/α,β-unsaturated/α-hetero) is 1. The van der Waals surface area contributed by atoms with Gasteiger partial charge in [0.15, 0.2) is 5.78 Å². The first-order valence-corrected chi connectivity index (χ1v) is 6.86. The number of carbonyl (C=O) groups excluding carboxylic acids is 1. The van der Waals surface area contributed by atoms with Gasteiger partial charge in [-0.25, -0.2) is 9.37 Å². The van der Waals surface area contributed by atoms with E-state index in [4.69, 9.17) is 0 Å². The third kappa shape index (κ3) is 2.18. The Morgan fingerprint density at radius 1 is 1.38 bits per heavy atom. The number of fused-ring (bicyclic) bond motifs is 1. The second-order valence-corrected chi connectivity index (χ2v) is 5.42. The molecule has 0 amide bonds. The van der Waals surface area contributed by atoms with E-state index in [-0.39, 0.29) is 28.7 Å². The lowest BCUT2D eigenvalue weighted by atomic mass is 9.90. The molecule has 0 radical (unpaired) electrons. The molecule has 21 heavy (non-hydrogen) atoms. The van der Waals surface area contributed by atoms with Crippen LogP contribution in [0.1, 0.15) is 31.1 Å². The van der Waals surface area contributed by atoms with Gasteiger partial charge in [0.1, 0.15) is 17.2 Å². The number of carbonyl (C=O) groups is 1. The van der Waals surface area contributed by atoms with Crippen molar-refractivity contribution in [2.24, 2.45) is 0 Å². The Bertz CT molecular complexity index is 823. The van der Waals surface area contributed by atoms with Crippen LogP contribution in [0.2, 0.25) is 0 Å². The van der Waals surface area contributed by atoms with Gasteiger partial charge in [0.25, 0.3) is 5.56 Å². The number of aryl methyl sites for hydroxylation is 1. The predicted octanol–water partition coefficient (Wildman–Crippen LogP) is 2.69. The molecule has 1 aliphatic rings. The minimum absolute atomic E-state index is 0.0333. The average Bonchev–Trinajstić information content (AvgIpc) is 2.42. The summed E-state index contributed by atoms with van der Waals surface area (Å²) in [5, 5.41) is 0.206. The smallest absolute Gasteiger partial charge is 0.262 e. The van der Waals surface area contributed by atoms with Crippen LogP contribution in [-0.2, 0) is 4.79 Å². The van der Waals surface area contributed by atoms with Crippen LogP contribution in [-0.4, -0.2) is 15.3 Å². The number of nitrogens with zero attached hydrogens (tertiary/aromatic N) is 2. The summed E-state index contributed by atoms with van der Waals surface area (Å²) in [5.41, 5.74) is 0.591. The summed E-state index contributed by atoms with van der Waals surface area (Å²) < 4.78 is 15.2. The highest BCUT2D eigenvalue weighted by Gasteiger charge is 2.28. The van der Waals surface area contributed by atoms with Crippen molar-refractivity contribution in [3.05, 3.63) is 52.3 Å². The van der Waals surface area contributed by atoms with Crippen LogP contribution in [0.4, 0.5) is 4.39 Å². The van der Waals surface area contributed by atoms with E-state index in [0.29, 0.717) is 18.7 Å². The maximum Gasteiger partial charge on any atom is 0.262 e. The second kappa shape index (κ2) is 4.91. The van der Waals surface area contributed by atoms with Gasteiger partial charge in [0.05, 0.1) is 11.4 Å². The number of rotatable bonds is 1. The Labute approximate surface area is 120 Å². The minimum atomic E-state index is -0.525. The van der Waals surface area contributed by atoms with Gasteiger partial charge in [-0.2, -0.15) is 0 Å². The molecule has 5 heteroatoms. The van der Waals surface area contributed by atoms with E-state index in [1.807, 2.05) is 0 Å². The Hall–Kier alpha value is -2.30. The quantitative estimate of drug-likeness (QED) is 0.757. The molecule has 1 unspecified atom stereocenters. The van der Waals surface area contributed by atoms with Gasteiger partial charge in [-0.15, -0.1) is 0 Å². The van der Waals surface area contributed by atoms with Crippen molar-refractivity contribution in [2.45, 2.75) is 32.2 Å². The van der Waals surface area contributed by atoms with E-state index in [0.717, 1.165) is 5.57 Å². The lowest BCUT2D eigenvalue weighted by Crippen LogP contribution is -2.34. The molecule has 1 heterocycles. The van der Waals surface area contributed by atoms with Gasteiger partial charge in [0, 0.05) is 6.42 Å². The summed E-state index contributed by atoms with van der Waals surface area (Å²) in [6.45, 7) is 5.45. The maximum atomic E-state index is 13.8. The zero-order valence-corrected chi connectivity index (χ0v) is 11.7. The van der Waals surface area contributed by atoms with Crippen molar-refractivity contribution in [3.63, 3.8) is 0 Å². The van der Waals surface area contributed by atoms with Gasteiger partial charge >= 0.3 is 0 Å². The highest BCUT2D eigenvalue weighted by atomic mass is 19.1. The van der Waals surface area contributed by atoms with Gasteiger partial charge in [-0.05, 0) is 31.9 Å². The number of benzene rings is 1. The minimum Gasteiger partial charge on any atom is -0.297 e. The monoisotopic (exact) mass is 286 g/mol. The molecule has 3 rings (SSSR count). The van der Waals surface area contributed by atoms with E-state index in [1.54, 1.807) is 6.92 Å². The topological polar surface area (TPSA) is 52.0 Å². The number of aromatic nitrogens is 2. The van der Waals surface area contributed by atoms with Crippen LogP contribution in [0.5, 0.6) is 0 Å². The molecule has 1 aliphatic carbocycles. The molecule has 1 aromatic carbocycles. The SMILES string of the molecule is C=C1CCC(n2c(C)nc3c(F)cccc3c2=O)C(=O)C1. The Balaban J connectivity index is 2.22. The zero-order valence-electron chi connectivity index (χ0n) is 11.7. The van der Waals surface area contributed by atoms with Crippen molar-refractivity contribution >= 4 is 16.7 Å². The second-order valence-electron chi connectivity index (χ2n) is 5.42. The number of hydrogen-bond acceptors (Lipinski definition) is 3. The highest BCUT2D eigenvalue weighted by Crippen LogP contribution is 2.28. The van der Waals surface area contributed by atoms with Crippen LogP contribution in [0, 0.1) is 12.7 Å². The van der Waals surface area contributed by atoms with E-state index >= 15 is 0 Å². The van der Waals surface area contributed by atoms with Crippen molar-refractivity contribution in [2.75, 3.05) is 0 Å². The summed E-state index contributed by atoms with van der Waals surface area (Å²) in [6, 6.07) is 3.76. The summed E-state index contributed by atoms with van der Waals surface area (Å²) in [5.74, 6) is -0.194. The van der Waals surface area contributed by atoms with Crippen molar-refractivity contribution < 1.29 is 9.18 Å². The standard InChI is InChI=1S/C16H15FN2O2/c1-9-6-7-13(14(20)8-9)19-10(2)18-15-11(16(19)21)4-3-5-12(15)17/h3-5,13H,1,6-8H2,2H3. The summed E-state index contributed by atoms with van der Waals surface area (Å²) >= 11 is 0. The number of allylic oxidation sites excluding steroid dienone is 1. The normalized spacial score (nSPS) is 19.2. The number of ketones is 1. The lowest BCUT2D eigenvalue weighted by molar-refractivity contribution is -0.122. The fraction of sp³-hybridized carbons (Fsp3) is 0.312. The molecule has 1 saturated carbocycles.